The standard InChI is InChI=1S/C15H11N5OS/c21-14(8-1-3-10-12(5-8)17-7-16-10)18-9-2-4-11-13(6-9)20-15(22)19-11/h1-7H,(H,16,17)(H,18,21)(H2,19,20,22). The molecule has 108 valence electrons. The van der Waals surface area contributed by atoms with Crippen LogP contribution in [0, 0.1) is 4.77 Å². The first-order valence-corrected chi connectivity index (χ1v) is 7.06. The Hall–Kier alpha value is -2.93. The fraction of sp³-hybridized carbons (Fsp3) is 0. The van der Waals surface area contributed by atoms with Gasteiger partial charge in [0, 0.05) is 11.3 Å². The zero-order valence-electron chi connectivity index (χ0n) is 11.3. The molecule has 2 aromatic carbocycles. The van der Waals surface area contributed by atoms with Crippen molar-refractivity contribution < 1.29 is 4.79 Å². The molecule has 6 nitrogen and oxygen atoms in total. The molecule has 0 saturated heterocycles. The Balaban J connectivity index is 1.65. The van der Waals surface area contributed by atoms with E-state index in [2.05, 4.69) is 25.3 Å². The van der Waals surface area contributed by atoms with Gasteiger partial charge in [0.25, 0.3) is 5.91 Å². The predicted octanol–water partition coefficient (Wildman–Crippen LogP) is 3.35. The lowest BCUT2D eigenvalue weighted by molar-refractivity contribution is 0.102. The van der Waals surface area contributed by atoms with Gasteiger partial charge < -0.3 is 20.3 Å². The quantitative estimate of drug-likeness (QED) is 0.428. The number of anilines is 1. The number of fused-ring (bicyclic) bond motifs is 2. The number of nitrogens with one attached hydrogen (secondary N) is 4. The Morgan fingerprint density at radius 3 is 2.82 bits per heavy atom. The molecule has 7 heteroatoms. The van der Waals surface area contributed by atoms with Gasteiger partial charge in [-0.2, -0.15) is 0 Å². The summed E-state index contributed by atoms with van der Waals surface area (Å²) in [7, 11) is 0. The number of aromatic amines is 3. The first-order valence-electron chi connectivity index (χ1n) is 6.65. The average molecular weight is 309 g/mol. The highest BCUT2D eigenvalue weighted by Crippen LogP contribution is 2.18. The van der Waals surface area contributed by atoms with Crippen LogP contribution >= 0.6 is 12.2 Å². The minimum absolute atomic E-state index is 0.176. The summed E-state index contributed by atoms with van der Waals surface area (Å²) < 4.78 is 0.558. The number of aromatic nitrogens is 4. The summed E-state index contributed by atoms with van der Waals surface area (Å²) in [6.07, 6.45) is 1.61. The van der Waals surface area contributed by atoms with Crippen molar-refractivity contribution in [2.75, 3.05) is 5.32 Å². The van der Waals surface area contributed by atoms with Gasteiger partial charge in [0.15, 0.2) is 4.77 Å². The molecule has 0 radical (unpaired) electrons. The van der Waals surface area contributed by atoms with Crippen molar-refractivity contribution in [3.05, 3.63) is 53.1 Å². The maximum atomic E-state index is 12.3. The molecule has 2 aromatic heterocycles. The van der Waals surface area contributed by atoms with Crippen LogP contribution in [0.4, 0.5) is 5.69 Å². The van der Waals surface area contributed by atoms with Crippen LogP contribution in [0.2, 0.25) is 0 Å². The molecule has 0 atom stereocenters. The SMILES string of the molecule is O=C(Nc1ccc2[nH]c(=S)[nH]c2c1)c1ccc2nc[nH]c2c1. The maximum Gasteiger partial charge on any atom is 0.255 e. The number of benzene rings is 2. The average Bonchev–Trinajstić information content (AvgIpc) is 3.10. The third-order valence-corrected chi connectivity index (χ3v) is 3.66. The van der Waals surface area contributed by atoms with Crippen LogP contribution in [0.1, 0.15) is 10.4 Å². The molecular formula is C15H11N5OS. The highest BCUT2D eigenvalue weighted by Gasteiger charge is 2.08. The fourth-order valence-electron chi connectivity index (χ4n) is 2.39. The molecule has 0 aliphatic carbocycles. The number of hydrogen-bond acceptors (Lipinski definition) is 3. The number of H-pyrrole nitrogens is 3. The van der Waals surface area contributed by atoms with Crippen molar-refractivity contribution >= 4 is 45.9 Å². The zero-order valence-corrected chi connectivity index (χ0v) is 12.1. The molecule has 0 aliphatic rings. The van der Waals surface area contributed by atoms with Gasteiger partial charge >= 0.3 is 0 Å². The topological polar surface area (TPSA) is 89.4 Å². The molecule has 4 aromatic rings. The number of imidazole rings is 2. The first kappa shape index (κ1) is 12.8. The largest absolute Gasteiger partial charge is 0.345 e. The molecule has 0 spiro atoms. The van der Waals surface area contributed by atoms with Crippen LogP contribution in [-0.4, -0.2) is 25.8 Å². The van der Waals surface area contributed by atoms with Crippen molar-refractivity contribution in [1.29, 1.82) is 0 Å². The smallest absolute Gasteiger partial charge is 0.255 e. The first-order chi connectivity index (χ1) is 10.7. The minimum Gasteiger partial charge on any atom is -0.345 e. The lowest BCUT2D eigenvalue weighted by Crippen LogP contribution is -2.11. The number of carbonyl (C=O) groups is 1. The lowest BCUT2D eigenvalue weighted by Gasteiger charge is -2.05. The van der Waals surface area contributed by atoms with Gasteiger partial charge in [0.2, 0.25) is 0 Å². The lowest BCUT2D eigenvalue weighted by atomic mass is 10.2. The van der Waals surface area contributed by atoms with Crippen LogP contribution in [-0.2, 0) is 0 Å². The van der Waals surface area contributed by atoms with E-state index in [0.717, 1.165) is 22.1 Å². The van der Waals surface area contributed by atoms with E-state index < -0.39 is 0 Å². The van der Waals surface area contributed by atoms with Crippen molar-refractivity contribution in [3.63, 3.8) is 0 Å². The van der Waals surface area contributed by atoms with Crippen LogP contribution in [0.5, 0.6) is 0 Å². The highest BCUT2D eigenvalue weighted by molar-refractivity contribution is 7.71. The summed E-state index contributed by atoms with van der Waals surface area (Å²) in [5.41, 5.74) is 4.69. The fourth-order valence-corrected chi connectivity index (χ4v) is 2.61. The van der Waals surface area contributed by atoms with Gasteiger partial charge in [-0.15, -0.1) is 0 Å². The molecule has 4 rings (SSSR count). The van der Waals surface area contributed by atoms with Gasteiger partial charge in [0.05, 0.1) is 28.4 Å². The summed E-state index contributed by atoms with van der Waals surface area (Å²) in [5, 5.41) is 2.88. The van der Waals surface area contributed by atoms with Crippen LogP contribution in [0.25, 0.3) is 22.1 Å². The summed E-state index contributed by atoms with van der Waals surface area (Å²) in [5.74, 6) is -0.176. The van der Waals surface area contributed by atoms with Crippen molar-refractivity contribution in [2.24, 2.45) is 0 Å². The Bertz CT molecular complexity index is 1060. The van der Waals surface area contributed by atoms with E-state index in [0.29, 0.717) is 16.0 Å². The zero-order chi connectivity index (χ0) is 15.1. The molecule has 1 amide bonds. The van der Waals surface area contributed by atoms with E-state index in [1.807, 2.05) is 24.3 Å². The molecule has 0 aliphatic heterocycles. The van der Waals surface area contributed by atoms with Gasteiger partial charge in [-0.1, -0.05) is 0 Å². The van der Waals surface area contributed by atoms with Crippen LogP contribution in [0.15, 0.2) is 42.7 Å². The number of rotatable bonds is 2. The van der Waals surface area contributed by atoms with Gasteiger partial charge in [-0.05, 0) is 48.6 Å². The summed E-state index contributed by atoms with van der Waals surface area (Å²) in [4.78, 5) is 25.5. The molecule has 22 heavy (non-hydrogen) atoms. The molecular weight excluding hydrogens is 298 g/mol. The Kier molecular flexibility index (Phi) is 2.80. The number of amides is 1. The number of hydrogen-bond donors (Lipinski definition) is 4. The summed E-state index contributed by atoms with van der Waals surface area (Å²) in [6, 6.07) is 10.9. The van der Waals surface area contributed by atoms with Crippen molar-refractivity contribution in [3.8, 4) is 0 Å². The molecule has 0 unspecified atom stereocenters. The number of nitrogens with zero attached hydrogens (tertiary/aromatic N) is 1. The van der Waals surface area contributed by atoms with Crippen LogP contribution in [0.3, 0.4) is 0 Å². The van der Waals surface area contributed by atoms with E-state index in [1.54, 1.807) is 18.5 Å². The van der Waals surface area contributed by atoms with Gasteiger partial charge in [0.1, 0.15) is 0 Å². The second-order valence-electron chi connectivity index (χ2n) is 4.93. The van der Waals surface area contributed by atoms with E-state index >= 15 is 0 Å². The normalized spacial score (nSPS) is 11.1. The van der Waals surface area contributed by atoms with Crippen LogP contribution < -0.4 is 5.32 Å². The van der Waals surface area contributed by atoms with E-state index in [-0.39, 0.29) is 5.91 Å². The predicted molar refractivity (Wildman–Crippen MR) is 87.5 cm³/mol. The molecule has 4 N–H and O–H groups in total. The van der Waals surface area contributed by atoms with Crippen molar-refractivity contribution in [2.45, 2.75) is 0 Å². The molecule has 0 saturated carbocycles. The monoisotopic (exact) mass is 309 g/mol. The second-order valence-corrected chi connectivity index (χ2v) is 5.34. The Morgan fingerprint density at radius 2 is 1.91 bits per heavy atom. The van der Waals surface area contributed by atoms with E-state index in [4.69, 9.17) is 12.2 Å². The Morgan fingerprint density at radius 1 is 1.05 bits per heavy atom. The number of carbonyl (C=O) groups excluding carboxylic acids is 1. The third kappa shape index (κ3) is 2.17. The second kappa shape index (κ2) is 4.81. The third-order valence-electron chi connectivity index (χ3n) is 3.46. The maximum absolute atomic E-state index is 12.3. The van der Waals surface area contributed by atoms with E-state index in [9.17, 15) is 4.79 Å². The molecule has 0 bridgehead atoms. The highest BCUT2D eigenvalue weighted by atomic mass is 32.1. The van der Waals surface area contributed by atoms with Gasteiger partial charge in [-0.3, -0.25) is 4.79 Å². The van der Waals surface area contributed by atoms with Gasteiger partial charge in [-0.25, -0.2) is 4.98 Å². The summed E-state index contributed by atoms with van der Waals surface area (Å²) >= 11 is 5.05. The molecule has 0 fully saturated rings. The minimum atomic E-state index is -0.176. The summed E-state index contributed by atoms with van der Waals surface area (Å²) in [6.45, 7) is 0. The molecule has 2 heterocycles. The Labute approximate surface area is 129 Å². The van der Waals surface area contributed by atoms with E-state index in [1.165, 1.54) is 0 Å². The van der Waals surface area contributed by atoms with Crippen molar-refractivity contribution in [1.82, 2.24) is 19.9 Å².